The minimum Gasteiger partial charge on any atom is -0.481 e. The first-order chi connectivity index (χ1) is 14.8. The third-order valence-corrected chi connectivity index (χ3v) is 5.42. The molecule has 1 aliphatic heterocycles. The van der Waals surface area contributed by atoms with E-state index in [-0.39, 0.29) is 35.8 Å². The van der Waals surface area contributed by atoms with Gasteiger partial charge in [0.15, 0.2) is 0 Å². The van der Waals surface area contributed by atoms with Crippen molar-refractivity contribution < 1.29 is 24.6 Å². The molecule has 0 radical (unpaired) electrons. The number of benzene rings is 1. The summed E-state index contributed by atoms with van der Waals surface area (Å²) in [5, 5.41) is 20.8. The third kappa shape index (κ3) is 3.61. The number of aliphatic carboxylic acids is 2. The first-order valence-electron chi connectivity index (χ1n) is 9.49. The van der Waals surface area contributed by atoms with E-state index in [1.165, 1.54) is 4.57 Å². The Bertz CT molecular complexity index is 1260. The lowest BCUT2D eigenvalue weighted by Crippen LogP contribution is -2.41. The highest BCUT2D eigenvalue weighted by molar-refractivity contribution is 5.96. The highest BCUT2D eigenvalue weighted by Gasteiger charge is 2.29. The number of aromatic amines is 1. The molecule has 2 aromatic heterocycles. The lowest BCUT2D eigenvalue weighted by molar-refractivity contribution is -0.140. The van der Waals surface area contributed by atoms with Gasteiger partial charge in [0.25, 0.3) is 11.5 Å². The molecule has 0 spiro atoms. The number of carbonyl (C=O) groups is 3. The van der Waals surface area contributed by atoms with Gasteiger partial charge in [-0.05, 0) is 29.7 Å². The molecule has 2 bridgehead atoms. The van der Waals surface area contributed by atoms with Crippen LogP contribution in [-0.4, -0.2) is 48.6 Å². The summed E-state index contributed by atoms with van der Waals surface area (Å²) in [5.41, 5.74) is 8.00. The summed E-state index contributed by atoms with van der Waals surface area (Å²) in [6.45, 7) is 0.306. The summed E-state index contributed by atoms with van der Waals surface area (Å²) in [6.07, 6.45) is 1.13. The van der Waals surface area contributed by atoms with Crippen LogP contribution in [0.1, 0.15) is 40.2 Å². The fourth-order valence-electron chi connectivity index (χ4n) is 3.80. The van der Waals surface area contributed by atoms with Crippen molar-refractivity contribution in [2.24, 2.45) is 0 Å². The normalized spacial score (nSPS) is 15.7. The maximum absolute atomic E-state index is 12.5. The van der Waals surface area contributed by atoms with Crippen LogP contribution in [0.4, 0.5) is 5.95 Å². The van der Waals surface area contributed by atoms with Crippen LogP contribution in [0.15, 0.2) is 35.3 Å². The Hall–Kier alpha value is -4.15. The zero-order valence-corrected chi connectivity index (χ0v) is 16.2. The smallest absolute Gasteiger partial charge is 0.326 e. The Kier molecular flexibility index (Phi) is 4.93. The van der Waals surface area contributed by atoms with Crippen LogP contribution in [0.25, 0.3) is 11.0 Å². The number of H-pyrrole nitrogens is 1. The van der Waals surface area contributed by atoms with E-state index in [2.05, 4.69) is 15.3 Å². The van der Waals surface area contributed by atoms with Crippen molar-refractivity contribution >= 4 is 34.8 Å². The molecule has 11 nitrogen and oxygen atoms in total. The Morgan fingerprint density at radius 3 is 2.61 bits per heavy atom. The molecule has 1 amide bonds. The number of hydrogen-bond donors (Lipinski definition) is 5. The van der Waals surface area contributed by atoms with Gasteiger partial charge in [-0.2, -0.15) is 4.98 Å². The highest BCUT2D eigenvalue weighted by atomic mass is 16.4. The summed E-state index contributed by atoms with van der Waals surface area (Å²) >= 11 is 0. The molecule has 160 valence electrons. The molecule has 1 aromatic carbocycles. The zero-order valence-electron chi connectivity index (χ0n) is 16.2. The van der Waals surface area contributed by atoms with Crippen molar-refractivity contribution in [1.29, 1.82) is 0 Å². The van der Waals surface area contributed by atoms with Gasteiger partial charge in [0.1, 0.15) is 11.7 Å². The van der Waals surface area contributed by atoms with E-state index in [1.54, 1.807) is 30.5 Å². The van der Waals surface area contributed by atoms with Crippen LogP contribution in [0.2, 0.25) is 0 Å². The number of nitrogens with zero attached hydrogens (tertiary/aromatic N) is 2. The van der Waals surface area contributed by atoms with Crippen LogP contribution >= 0.6 is 0 Å². The topological polar surface area (TPSA) is 180 Å². The van der Waals surface area contributed by atoms with E-state index >= 15 is 0 Å². The van der Waals surface area contributed by atoms with Crippen LogP contribution < -0.4 is 16.6 Å². The third-order valence-electron chi connectivity index (χ3n) is 5.42. The van der Waals surface area contributed by atoms with Gasteiger partial charge in [-0.3, -0.25) is 19.0 Å². The fraction of sp³-hybridized carbons (Fsp3) is 0.250. The van der Waals surface area contributed by atoms with E-state index < -0.39 is 23.9 Å². The molecule has 1 aliphatic rings. The number of nitrogens with two attached hydrogens (primary N) is 1. The first-order valence-corrected chi connectivity index (χ1v) is 9.49. The lowest BCUT2D eigenvalue weighted by atomic mass is 9.89. The number of carbonyl (C=O) groups excluding carboxylic acids is 1. The second-order valence-corrected chi connectivity index (χ2v) is 7.32. The maximum atomic E-state index is 12.5. The molecule has 3 heterocycles. The molecule has 3 aromatic rings. The van der Waals surface area contributed by atoms with Crippen LogP contribution in [0.3, 0.4) is 0 Å². The molecule has 1 unspecified atom stereocenters. The Morgan fingerprint density at radius 1 is 1.26 bits per heavy atom. The molecule has 4 rings (SSSR count). The summed E-state index contributed by atoms with van der Waals surface area (Å²) in [4.78, 5) is 54.1. The Morgan fingerprint density at radius 2 is 1.97 bits per heavy atom. The number of amides is 1. The number of anilines is 1. The van der Waals surface area contributed by atoms with E-state index in [4.69, 9.17) is 10.8 Å². The van der Waals surface area contributed by atoms with E-state index in [9.17, 15) is 24.3 Å². The predicted molar refractivity (Wildman–Crippen MR) is 109 cm³/mol. The number of aromatic nitrogens is 3. The predicted octanol–water partition coefficient (Wildman–Crippen LogP) is 0.500. The van der Waals surface area contributed by atoms with E-state index in [0.29, 0.717) is 17.6 Å². The van der Waals surface area contributed by atoms with Crippen molar-refractivity contribution in [2.75, 3.05) is 5.73 Å². The van der Waals surface area contributed by atoms with Gasteiger partial charge in [-0.15, -0.1) is 0 Å². The molecule has 0 fully saturated rings. The summed E-state index contributed by atoms with van der Waals surface area (Å²) in [5.74, 6) is -3.12. The van der Waals surface area contributed by atoms with Crippen molar-refractivity contribution in [3.8, 4) is 0 Å². The standard InChI is InChI=1S/C20H19N5O6/c21-20-24-16-15-11(7-22-16)12(8-25(20)18(15)29)9-1-3-10(4-2-9)17(28)23-13(19(30)31)5-6-14(26)27/h1-4,7,12-13,22H,5-6,8H2,(H2,21,24)(H,23,28)(H,26,27)(H,30,31)/t12?,13-/m0/s1. The number of hydrogen-bond acceptors (Lipinski definition) is 6. The van der Waals surface area contributed by atoms with E-state index in [0.717, 1.165) is 11.1 Å². The van der Waals surface area contributed by atoms with Gasteiger partial charge in [0.05, 0.1) is 5.39 Å². The molecular weight excluding hydrogens is 406 g/mol. The average Bonchev–Trinajstić information content (AvgIpc) is 3.17. The van der Waals surface area contributed by atoms with Gasteiger partial charge in [0.2, 0.25) is 5.95 Å². The summed E-state index contributed by atoms with van der Waals surface area (Å²) in [7, 11) is 0. The number of carboxylic acid groups (broad SMARTS) is 2. The molecule has 11 heteroatoms. The van der Waals surface area contributed by atoms with Crippen molar-refractivity contribution in [1.82, 2.24) is 19.9 Å². The quantitative estimate of drug-likeness (QED) is 0.363. The molecule has 6 N–H and O–H groups in total. The minimum atomic E-state index is -1.30. The molecule has 2 atom stereocenters. The van der Waals surface area contributed by atoms with Gasteiger partial charge < -0.3 is 26.2 Å². The fourth-order valence-corrected chi connectivity index (χ4v) is 3.80. The van der Waals surface area contributed by atoms with Crippen molar-refractivity contribution in [3.05, 3.63) is 57.5 Å². The summed E-state index contributed by atoms with van der Waals surface area (Å²) < 4.78 is 1.41. The van der Waals surface area contributed by atoms with Gasteiger partial charge in [-0.1, -0.05) is 12.1 Å². The SMILES string of the molecule is Nc1nc2[nH]cc3c2c(=O)n1CC3c1ccc(C(=O)N[C@@H](CCC(=O)O)C(=O)O)cc1. The maximum Gasteiger partial charge on any atom is 0.326 e. The summed E-state index contributed by atoms with van der Waals surface area (Å²) in [6, 6.07) is 5.26. The highest BCUT2D eigenvalue weighted by Crippen LogP contribution is 2.33. The van der Waals surface area contributed by atoms with Crippen LogP contribution in [0, 0.1) is 0 Å². The lowest BCUT2D eigenvalue weighted by Gasteiger charge is -2.23. The van der Waals surface area contributed by atoms with Gasteiger partial charge in [-0.25, -0.2) is 4.79 Å². The molecule has 0 saturated carbocycles. The second-order valence-electron chi connectivity index (χ2n) is 7.32. The van der Waals surface area contributed by atoms with E-state index in [1.807, 2.05) is 0 Å². The average molecular weight is 425 g/mol. The van der Waals surface area contributed by atoms with Crippen LogP contribution in [0.5, 0.6) is 0 Å². The Balaban J connectivity index is 1.55. The zero-order chi connectivity index (χ0) is 22.3. The largest absolute Gasteiger partial charge is 0.481 e. The number of rotatable bonds is 7. The minimum absolute atomic E-state index is 0.118. The van der Waals surface area contributed by atoms with Crippen molar-refractivity contribution in [2.45, 2.75) is 31.3 Å². The number of nitrogen functional groups attached to an aromatic ring is 1. The molecule has 31 heavy (non-hydrogen) atoms. The first kappa shape index (κ1) is 20.1. The van der Waals surface area contributed by atoms with Gasteiger partial charge in [0, 0.05) is 30.6 Å². The molecule has 0 saturated heterocycles. The number of carboxylic acids is 2. The van der Waals surface area contributed by atoms with Crippen molar-refractivity contribution in [3.63, 3.8) is 0 Å². The second kappa shape index (κ2) is 7.59. The van der Waals surface area contributed by atoms with Crippen LogP contribution in [-0.2, 0) is 16.1 Å². The number of nitrogens with one attached hydrogen (secondary N) is 2. The molecular formula is C20H19N5O6. The monoisotopic (exact) mass is 425 g/mol. The Labute approximate surface area is 174 Å². The molecule has 0 aliphatic carbocycles. The number of fused-ring (bicyclic) bond motifs is 1. The van der Waals surface area contributed by atoms with Gasteiger partial charge >= 0.3 is 11.9 Å².